The molecule has 0 radical (unpaired) electrons. The van der Waals surface area contributed by atoms with Gasteiger partial charge in [0.2, 0.25) is 11.9 Å². The lowest BCUT2D eigenvalue weighted by atomic mass is 9.90. The van der Waals surface area contributed by atoms with E-state index in [2.05, 4.69) is 74.6 Å². The highest BCUT2D eigenvalue weighted by Crippen LogP contribution is 2.29. The lowest BCUT2D eigenvalue weighted by Gasteiger charge is -2.36. The van der Waals surface area contributed by atoms with Gasteiger partial charge in [0.25, 0.3) is 0 Å². The van der Waals surface area contributed by atoms with E-state index in [1.807, 2.05) is 24.3 Å². The lowest BCUT2D eigenvalue weighted by Crippen LogP contribution is -2.45. The van der Waals surface area contributed by atoms with Crippen LogP contribution in [0.2, 0.25) is 10.0 Å². The molecule has 0 bridgehead atoms. The number of H-pyrrole nitrogens is 2. The Hall–Kier alpha value is -2.52. The summed E-state index contributed by atoms with van der Waals surface area (Å²) < 4.78 is 0. The van der Waals surface area contributed by atoms with Crippen LogP contribution in [0.5, 0.6) is 0 Å². The fraction of sp³-hybridized carbons (Fsp3) is 0.533. The molecule has 8 nitrogen and oxygen atoms in total. The molecule has 0 amide bonds. The van der Waals surface area contributed by atoms with Crippen LogP contribution in [0.1, 0.15) is 51.4 Å². The number of fused-ring (bicyclic) bond motifs is 2. The SMILES string of the molecule is CN(C)[C@@H]1CCCC[C@H]1Nc1nc2cc(Cl)c(Cl)cc2[nH]1.CN(C)[C@@H]1CCCC[C@H]1Nc1nc2ccccc2[nH]1. The van der Waals surface area contributed by atoms with Crippen LogP contribution in [0.15, 0.2) is 36.4 Å². The van der Waals surface area contributed by atoms with Crippen molar-refractivity contribution in [3.05, 3.63) is 46.4 Å². The second-order valence-electron chi connectivity index (χ2n) is 11.6. The largest absolute Gasteiger partial charge is 0.351 e. The molecule has 2 fully saturated rings. The predicted octanol–water partition coefficient (Wildman–Crippen LogP) is 7.00. The third-order valence-corrected chi connectivity index (χ3v) is 9.07. The van der Waals surface area contributed by atoms with Gasteiger partial charge < -0.3 is 30.4 Å². The molecule has 0 saturated heterocycles. The number of hydrogen-bond acceptors (Lipinski definition) is 6. The number of hydrogen-bond donors (Lipinski definition) is 4. The normalized spacial score (nSPS) is 23.4. The Bertz CT molecular complexity index is 1330. The molecular weight excluding hydrogens is 543 g/mol. The van der Waals surface area contributed by atoms with Gasteiger partial charge in [0.1, 0.15) is 0 Å². The number of imidazole rings is 2. The van der Waals surface area contributed by atoms with Crippen LogP contribution in [0.3, 0.4) is 0 Å². The number of aromatic nitrogens is 4. The van der Waals surface area contributed by atoms with Gasteiger partial charge >= 0.3 is 0 Å². The van der Waals surface area contributed by atoms with Gasteiger partial charge in [-0.3, -0.25) is 0 Å². The quantitative estimate of drug-likeness (QED) is 0.195. The molecule has 10 heteroatoms. The average molecular weight is 586 g/mol. The number of benzene rings is 2. The molecule has 2 aliphatic carbocycles. The summed E-state index contributed by atoms with van der Waals surface area (Å²) in [5.74, 6) is 1.70. The summed E-state index contributed by atoms with van der Waals surface area (Å²) in [5.41, 5.74) is 3.87. The first-order valence-corrected chi connectivity index (χ1v) is 15.2. The van der Waals surface area contributed by atoms with E-state index in [-0.39, 0.29) is 0 Å². The Balaban J connectivity index is 0.000000162. The first kappa shape index (κ1) is 29.0. The highest BCUT2D eigenvalue weighted by atomic mass is 35.5. The van der Waals surface area contributed by atoms with E-state index in [9.17, 15) is 0 Å². The minimum atomic E-state index is 0.417. The summed E-state index contributed by atoms with van der Waals surface area (Å²) in [5, 5.41) is 8.22. The van der Waals surface area contributed by atoms with E-state index in [4.69, 9.17) is 23.2 Å². The summed E-state index contributed by atoms with van der Waals surface area (Å²) in [4.78, 5) is 20.5. The van der Waals surface area contributed by atoms with Crippen molar-refractivity contribution in [1.82, 2.24) is 29.7 Å². The molecule has 2 heterocycles. The van der Waals surface area contributed by atoms with Gasteiger partial charge in [0, 0.05) is 24.2 Å². The Morgan fingerprint density at radius 1 is 0.675 bits per heavy atom. The van der Waals surface area contributed by atoms with E-state index in [1.165, 1.54) is 51.4 Å². The van der Waals surface area contributed by atoms with Gasteiger partial charge in [-0.15, -0.1) is 0 Å². The standard InChI is InChI=1S/C15H20Cl2N4.C15H22N4/c1-21(2)14-6-4-3-5-11(14)18-15-19-12-7-9(16)10(17)8-13(12)20-15;1-19(2)14-10-6-5-9-13(14)18-15-16-11-7-3-4-8-12(11)17-15/h7-8,11,14H,3-6H2,1-2H3,(H2,18,19,20);3-4,7-8,13-14H,5-6,9-10H2,1-2H3,(H2,16,17,18)/t11-,14-;13-,14-/m11/s1. The Labute approximate surface area is 247 Å². The second-order valence-corrected chi connectivity index (χ2v) is 12.4. The van der Waals surface area contributed by atoms with Crippen molar-refractivity contribution in [3.8, 4) is 0 Å². The van der Waals surface area contributed by atoms with E-state index in [1.54, 1.807) is 6.07 Å². The number of rotatable bonds is 6. The van der Waals surface area contributed by atoms with Crippen LogP contribution in [-0.4, -0.2) is 82.1 Å². The molecule has 6 rings (SSSR count). The summed E-state index contributed by atoms with van der Waals surface area (Å²) in [6, 6.07) is 13.8. The number of nitrogens with one attached hydrogen (secondary N) is 4. The van der Waals surface area contributed by atoms with Gasteiger partial charge in [-0.05, 0) is 78.1 Å². The predicted molar refractivity (Wildman–Crippen MR) is 169 cm³/mol. The highest BCUT2D eigenvalue weighted by Gasteiger charge is 2.28. The molecule has 2 saturated carbocycles. The molecule has 0 unspecified atom stereocenters. The molecule has 4 N–H and O–H groups in total. The Morgan fingerprint density at radius 2 is 1.18 bits per heavy atom. The van der Waals surface area contributed by atoms with Crippen LogP contribution in [0.4, 0.5) is 11.9 Å². The number of para-hydroxylation sites is 2. The zero-order valence-corrected chi connectivity index (χ0v) is 25.5. The molecule has 4 aromatic rings. The van der Waals surface area contributed by atoms with Gasteiger partial charge in [0.05, 0.1) is 32.1 Å². The molecule has 40 heavy (non-hydrogen) atoms. The average Bonchev–Trinajstić information content (AvgIpc) is 3.52. The molecule has 216 valence electrons. The monoisotopic (exact) mass is 584 g/mol. The van der Waals surface area contributed by atoms with Crippen molar-refractivity contribution in [1.29, 1.82) is 0 Å². The topological polar surface area (TPSA) is 87.9 Å². The first-order valence-electron chi connectivity index (χ1n) is 14.4. The van der Waals surface area contributed by atoms with Crippen molar-refractivity contribution in [2.75, 3.05) is 38.8 Å². The van der Waals surface area contributed by atoms with Crippen molar-refractivity contribution in [3.63, 3.8) is 0 Å². The molecule has 0 aliphatic heterocycles. The molecule has 2 aromatic heterocycles. The number of aromatic amines is 2. The maximum Gasteiger partial charge on any atom is 0.201 e. The fourth-order valence-electron chi connectivity index (χ4n) is 6.24. The Morgan fingerprint density at radius 3 is 1.75 bits per heavy atom. The van der Waals surface area contributed by atoms with Crippen molar-refractivity contribution < 1.29 is 0 Å². The molecular formula is C30H42Cl2N8. The summed E-state index contributed by atoms with van der Waals surface area (Å²) in [6.45, 7) is 0. The Kier molecular flexibility index (Phi) is 9.41. The molecule has 0 spiro atoms. The van der Waals surface area contributed by atoms with Gasteiger partial charge in [0.15, 0.2) is 0 Å². The first-order chi connectivity index (χ1) is 19.3. The number of halogens is 2. The van der Waals surface area contributed by atoms with Crippen LogP contribution in [0.25, 0.3) is 22.1 Å². The maximum absolute atomic E-state index is 6.05. The zero-order chi connectivity index (χ0) is 28.2. The van der Waals surface area contributed by atoms with Crippen molar-refractivity contribution >= 4 is 57.2 Å². The van der Waals surface area contributed by atoms with Gasteiger partial charge in [-0.1, -0.05) is 61.0 Å². The molecule has 2 aromatic carbocycles. The third-order valence-electron chi connectivity index (χ3n) is 8.34. The zero-order valence-electron chi connectivity index (χ0n) is 24.0. The van der Waals surface area contributed by atoms with E-state index in [0.29, 0.717) is 34.2 Å². The minimum absolute atomic E-state index is 0.417. The third kappa shape index (κ3) is 6.85. The van der Waals surface area contributed by atoms with Crippen LogP contribution >= 0.6 is 23.2 Å². The van der Waals surface area contributed by atoms with Crippen LogP contribution in [-0.2, 0) is 0 Å². The highest BCUT2D eigenvalue weighted by molar-refractivity contribution is 6.42. The van der Waals surface area contributed by atoms with Crippen molar-refractivity contribution in [2.24, 2.45) is 0 Å². The molecule has 4 atom stereocenters. The van der Waals surface area contributed by atoms with E-state index < -0.39 is 0 Å². The van der Waals surface area contributed by atoms with Crippen LogP contribution in [0, 0.1) is 0 Å². The smallest absolute Gasteiger partial charge is 0.201 e. The number of anilines is 2. The summed E-state index contributed by atoms with van der Waals surface area (Å²) in [7, 11) is 8.62. The molecule has 2 aliphatic rings. The lowest BCUT2D eigenvalue weighted by molar-refractivity contribution is 0.211. The summed E-state index contributed by atoms with van der Waals surface area (Å²) >= 11 is 12.1. The fourth-order valence-corrected chi connectivity index (χ4v) is 6.56. The summed E-state index contributed by atoms with van der Waals surface area (Å²) in [6.07, 6.45) is 10.1. The van der Waals surface area contributed by atoms with E-state index >= 15 is 0 Å². The van der Waals surface area contributed by atoms with Gasteiger partial charge in [-0.2, -0.15) is 0 Å². The number of nitrogens with zero attached hydrogens (tertiary/aromatic N) is 4. The van der Waals surface area contributed by atoms with Crippen molar-refractivity contribution in [2.45, 2.75) is 75.5 Å². The number of likely N-dealkylation sites (N-methyl/N-ethyl adjacent to an activating group) is 2. The minimum Gasteiger partial charge on any atom is -0.351 e. The second kappa shape index (κ2) is 13.0. The van der Waals surface area contributed by atoms with E-state index in [0.717, 1.165) is 34.0 Å². The maximum atomic E-state index is 6.05. The van der Waals surface area contributed by atoms with Crippen LogP contribution < -0.4 is 10.6 Å². The van der Waals surface area contributed by atoms with Gasteiger partial charge in [-0.25, -0.2) is 9.97 Å².